The number of para-hydroxylation sites is 1. The molecule has 7 heteroatoms. The van der Waals surface area contributed by atoms with Crippen LogP contribution in [0.4, 0.5) is 14.5 Å². The summed E-state index contributed by atoms with van der Waals surface area (Å²) in [5.41, 5.74) is 1.83. The third-order valence-corrected chi connectivity index (χ3v) is 3.26. The quantitative estimate of drug-likeness (QED) is 0.808. The molecule has 0 saturated heterocycles. The van der Waals surface area contributed by atoms with Gasteiger partial charge in [-0.3, -0.25) is 4.79 Å². The number of carbonyl (C=O) groups excluding carboxylic acids is 1. The Morgan fingerprint density at radius 1 is 1.13 bits per heavy atom. The smallest absolute Gasteiger partial charge is 0.295 e. The first-order chi connectivity index (χ1) is 11.0. The van der Waals surface area contributed by atoms with Crippen molar-refractivity contribution in [2.45, 2.75) is 6.92 Å². The Bertz CT molecular complexity index is 876. The van der Waals surface area contributed by atoms with Crippen molar-refractivity contribution in [3.8, 4) is 5.69 Å². The number of hydrogen-bond donors (Lipinski definition) is 1. The minimum Gasteiger partial charge on any atom is -0.319 e. The number of benzene rings is 2. The van der Waals surface area contributed by atoms with Crippen LogP contribution >= 0.6 is 0 Å². The molecule has 23 heavy (non-hydrogen) atoms. The van der Waals surface area contributed by atoms with Crippen molar-refractivity contribution in [1.82, 2.24) is 14.8 Å². The van der Waals surface area contributed by atoms with Gasteiger partial charge in [0.15, 0.2) is 11.6 Å². The van der Waals surface area contributed by atoms with E-state index in [0.717, 1.165) is 17.7 Å². The average Bonchev–Trinajstić information content (AvgIpc) is 3.02. The van der Waals surface area contributed by atoms with Crippen molar-refractivity contribution >= 4 is 11.6 Å². The van der Waals surface area contributed by atoms with E-state index in [-0.39, 0.29) is 11.5 Å². The molecule has 2 aromatic carbocycles. The molecule has 3 rings (SSSR count). The Hall–Kier alpha value is -3.09. The van der Waals surface area contributed by atoms with Crippen LogP contribution < -0.4 is 5.32 Å². The lowest BCUT2D eigenvalue weighted by Gasteiger charge is -2.05. The highest BCUT2D eigenvalue weighted by molar-refractivity contribution is 6.01. The van der Waals surface area contributed by atoms with Crippen LogP contribution in [0.2, 0.25) is 0 Å². The Morgan fingerprint density at radius 3 is 2.65 bits per heavy atom. The van der Waals surface area contributed by atoms with E-state index in [9.17, 15) is 13.6 Å². The van der Waals surface area contributed by atoms with Gasteiger partial charge < -0.3 is 5.32 Å². The van der Waals surface area contributed by atoms with Crippen molar-refractivity contribution in [2.75, 3.05) is 5.32 Å². The Balaban J connectivity index is 1.82. The maximum Gasteiger partial charge on any atom is 0.295 e. The maximum absolute atomic E-state index is 13.2. The van der Waals surface area contributed by atoms with Crippen molar-refractivity contribution in [3.05, 3.63) is 71.8 Å². The number of carbonyl (C=O) groups is 1. The zero-order valence-electron chi connectivity index (χ0n) is 12.1. The van der Waals surface area contributed by atoms with Crippen LogP contribution in [0.3, 0.4) is 0 Å². The molecule has 0 aliphatic rings. The van der Waals surface area contributed by atoms with Gasteiger partial charge in [0.2, 0.25) is 5.82 Å². The largest absolute Gasteiger partial charge is 0.319 e. The number of anilines is 1. The predicted octanol–water partition coefficient (Wildman–Crippen LogP) is 3.11. The number of aryl methyl sites for hydroxylation is 1. The van der Waals surface area contributed by atoms with Gasteiger partial charge in [-0.25, -0.2) is 18.4 Å². The molecule has 3 aromatic rings. The molecule has 0 spiro atoms. The van der Waals surface area contributed by atoms with E-state index in [0.29, 0.717) is 5.69 Å². The molecule has 0 bridgehead atoms. The molecule has 1 N–H and O–H groups in total. The lowest BCUT2D eigenvalue weighted by molar-refractivity contribution is 0.101. The van der Waals surface area contributed by atoms with E-state index in [1.807, 2.05) is 19.1 Å². The lowest BCUT2D eigenvalue weighted by atomic mass is 10.2. The minimum absolute atomic E-state index is 0.0713. The standard InChI is InChI=1S/C16H12F2N4O/c1-10-4-2-3-5-14(10)20-16(23)15-19-9-22(21-15)11-6-7-12(17)13(18)8-11/h2-9H,1H3,(H,20,23). The molecule has 1 heterocycles. The average molecular weight is 314 g/mol. The summed E-state index contributed by atoms with van der Waals surface area (Å²) in [6.45, 7) is 1.86. The topological polar surface area (TPSA) is 59.8 Å². The fraction of sp³-hybridized carbons (Fsp3) is 0.0625. The molecular weight excluding hydrogens is 302 g/mol. The summed E-state index contributed by atoms with van der Waals surface area (Å²) < 4.78 is 27.4. The second kappa shape index (κ2) is 5.96. The first-order valence-electron chi connectivity index (χ1n) is 6.78. The summed E-state index contributed by atoms with van der Waals surface area (Å²) >= 11 is 0. The molecule has 0 radical (unpaired) electrons. The van der Waals surface area contributed by atoms with Gasteiger partial charge in [-0.1, -0.05) is 18.2 Å². The van der Waals surface area contributed by atoms with E-state index in [4.69, 9.17) is 0 Å². The van der Waals surface area contributed by atoms with Crippen LogP contribution in [0.5, 0.6) is 0 Å². The third-order valence-electron chi connectivity index (χ3n) is 3.26. The van der Waals surface area contributed by atoms with E-state index in [1.165, 1.54) is 17.1 Å². The fourth-order valence-corrected chi connectivity index (χ4v) is 2.01. The van der Waals surface area contributed by atoms with Gasteiger partial charge in [-0.05, 0) is 30.7 Å². The second-order valence-electron chi connectivity index (χ2n) is 4.88. The number of nitrogens with one attached hydrogen (secondary N) is 1. The number of aromatic nitrogens is 3. The van der Waals surface area contributed by atoms with E-state index < -0.39 is 17.5 Å². The van der Waals surface area contributed by atoms with Gasteiger partial charge in [0, 0.05) is 11.8 Å². The van der Waals surface area contributed by atoms with Crippen LogP contribution in [0.15, 0.2) is 48.8 Å². The van der Waals surface area contributed by atoms with Gasteiger partial charge >= 0.3 is 0 Å². The molecule has 1 amide bonds. The molecule has 0 unspecified atom stereocenters. The summed E-state index contributed by atoms with van der Waals surface area (Å²) in [5.74, 6) is -2.51. The fourth-order valence-electron chi connectivity index (χ4n) is 2.01. The SMILES string of the molecule is Cc1ccccc1NC(=O)c1ncn(-c2ccc(F)c(F)c2)n1. The first-order valence-corrected chi connectivity index (χ1v) is 6.78. The summed E-state index contributed by atoms with van der Waals surface area (Å²) in [4.78, 5) is 16.0. The van der Waals surface area contributed by atoms with Gasteiger partial charge in [0.25, 0.3) is 5.91 Å². The van der Waals surface area contributed by atoms with E-state index in [2.05, 4.69) is 15.4 Å². The van der Waals surface area contributed by atoms with Crippen molar-refractivity contribution < 1.29 is 13.6 Å². The molecule has 0 saturated carbocycles. The molecule has 116 valence electrons. The zero-order chi connectivity index (χ0) is 16.4. The Morgan fingerprint density at radius 2 is 1.91 bits per heavy atom. The highest BCUT2D eigenvalue weighted by Gasteiger charge is 2.14. The third kappa shape index (κ3) is 3.08. The van der Waals surface area contributed by atoms with Crippen molar-refractivity contribution in [2.24, 2.45) is 0 Å². The summed E-state index contributed by atoms with van der Waals surface area (Å²) in [6.07, 6.45) is 1.26. The summed E-state index contributed by atoms with van der Waals surface area (Å²) in [5, 5.41) is 6.68. The van der Waals surface area contributed by atoms with Gasteiger partial charge in [-0.2, -0.15) is 0 Å². The Labute approximate surface area is 130 Å². The Kier molecular flexibility index (Phi) is 3.84. The highest BCUT2D eigenvalue weighted by Crippen LogP contribution is 2.15. The normalized spacial score (nSPS) is 10.6. The van der Waals surface area contributed by atoms with Crippen molar-refractivity contribution in [3.63, 3.8) is 0 Å². The molecular formula is C16H12F2N4O. The monoisotopic (exact) mass is 314 g/mol. The van der Waals surface area contributed by atoms with E-state index >= 15 is 0 Å². The molecule has 5 nitrogen and oxygen atoms in total. The molecule has 1 aromatic heterocycles. The van der Waals surface area contributed by atoms with Crippen LogP contribution in [0.25, 0.3) is 5.69 Å². The number of nitrogens with zero attached hydrogens (tertiary/aromatic N) is 3. The molecule has 0 aliphatic carbocycles. The molecule has 0 fully saturated rings. The number of amides is 1. The maximum atomic E-state index is 13.2. The first kappa shape index (κ1) is 14.8. The van der Waals surface area contributed by atoms with Gasteiger partial charge in [0.1, 0.15) is 6.33 Å². The number of rotatable bonds is 3. The van der Waals surface area contributed by atoms with Crippen LogP contribution in [0.1, 0.15) is 16.2 Å². The van der Waals surface area contributed by atoms with Gasteiger partial charge in [0.05, 0.1) is 5.69 Å². The zero-order valence-corrected chi connectivity index (χ0v) is 12.1. The summed E-state index contributed by atoms with van der Waals surface area (Å²) in [7, 11) is 0. The van der Waals surface area contributed by atoms with E-state index in [1.54, 1.807) is 12.1 Å². The number of halogens is 2. The van der Waals surface area contributed by atoms with Crippen LogP contribution in [-0.4, -0.2) is 20.7 Å². The van der Waals surface area contributed by atoms with Crippen LogP contribution in [-0.2, 0) is 0 Å². The minimum atomic E-state index is -0.996. The van der Waals surface area contributed by atoms with Crippen molar-refractivity contribution in [1.29, 1.82) is 0 Å². The molecule has 0 atom stereocenters. The highest BCUT2D eigenvalue weighted by atomic mass is 19.2. The molecule has 0 aliphatic heterocycles. The van der Waals surface area contributed by atoms with Crippen LogP contribution in [0, 0.1) is 18.6 Å². The predicted molar refractivity (Wildman–Crippen MR) is 80.4 cm³/mol. The number of hydrogen-bond acceptors (Lipinski definition) is 3. The van der Waals surface area contributed by atoms with Gasteiger partial charge in [-0.15, -0.1) is 5.10 Å². The summed E-state index contributed by atoms with van der Waals surface area (Å²) in [6, 6.07) is 10.6. The second-order valence-corrected chi connectivity index (χ2v) is 4.88. The lowest BCUT2D eigenvalue weighted by Crippen LogP contribution is -2.15.